The van der Waals surface area contributed by atoms with Crippen LogP contribution in [0.15, 0.2) is 0 Å². The van der Waals surface area contributed by atoms with Gasteiger partial charge in [-0.2, -0.15) is 0 Å². The summed E-state index contributed by atoms with van der Waals surface area (Å²) >= 11 is 3.31. The highest BCUT2D eigenvalue weighted by atomic mass is 79.9. The van der Waals surface area contributed by atoms with Crippen LogP contribution in [0.5, 0.6) is 0 Å². The number of alkyl halides is 1. The van der Waals surface area contributed by atoms with E-state index in [2.05, 4.69) is 33.2 Å². The molecule has 1 rings (SSSR count). The molecule has 1 radical (unpaired) electrons. The van der Waals surface area contributed by atoms with Crippen LogP contribution in [0.2, 0.25) is 0 Å². The van der Waals surface area contributed by atoms with E-state index in [0.717, 1.165) is 6.54 Å². The van der Waals surface area contributed by atoms with Crippen LogP contribution < -0.4 is 10.9 Å². The molecule has 1 saturated heterocycles. The van der Waals surface area contributed by atoms with E-state index >= 15 is 0 Å². The molecule has 1 aliphatic rings. The maximum Gasteiger partial charge on any atom is 0.0807 e. The lowest BCUT2D eigenvalue weighted by Gasteiger charge is -1.92. The Morgan fingerprint density at radius 3 is 2.83 bits per heavy atom. The largest absolute Gasteiger partial charge is 0.256 e. The van der Waals surface area contributed by atoms with Crippen molar-refractivity contribution in [3.63, 3.8) is 0 Å². The lowest BCUT2D eigenvalue weighted by molar-refractivity contribution is 0.674. The van der Waals surface area contributed by atoms with Crippen molar-refractivity contribution in [3.05, 3.63) is 6.42 Å². The van der Waals surface area contributed by atoms with E-state index in [1.165, 1.54) is 0 Å². The summed E-state index contributed by atoms with van der Waals surface area (Å²) in [6.45, 7) is 0.954. The molecule has 35 valence electrons. The minimum Gasteiger partial charge on any atom is -0.256 e. The molecule has 1 fully saturated rings. The van der Waals surface area contributed by atoms with Crippen molar-refractivity contribution in [1.29, 1.82) is 0 Å². The van der Waals surface area contributed by atoms with Gasteiger partial charge in [0.05, 0.1) is 4.95 Å². The molecule has 1 heterocycles. The predicted molar refractivity (Wildman–Crippen MR) is 28.2 cm³/mol. The molecule has 2 N–H and O–H groups in total. The molecule has 0 aromatic rings. The Morgan fingerprint density at radius 1 is 1.83 bits per heavy atom. The molecule has 0 aromatic carbocycles. The van der Waals surface area contributed by atoms with Crippen molar-refractivity contribution in [1.82, 2.24) is 10.9 Å². The topological polar surface area (TPSA) is 24.1 Å². The van der Waals surface area contributed by atoms with Crippen LogP contribution in [-0.4, -0.2) is 11.5 Å². The predicted octanol–water partition coefficient (Wildman–Crippen LogP) is 0.0195. The Kier molecular flexibility index (Phi) is 1.45. The van der Waals surface area contributed by atoms with Crippen LogP contribution >= 0.6 is 15.9 Å². The number of nitrogens with one attached hydrogen (secondary N) is 2. The van der Waals surface area contributed by atoms with Gasteiger partial charge in [-0.15, -0.1) is 0 Å². The van der Waals surface area contributed by atoms with Crippen molar-refractivity contribution in [2.75, 3.05) is 6.54 Å². The van der Waals surface area contributed by atoms with Gasteiger partial charge in [0.15, 0.2) is 0 Å². The third kappa shape index (κ3) is 0.929. The van der Waals surface area contributed by atoms with Gasteiger partial charge in [-0.05, 0) is 0 Å². The molecular formula is C3H6BrN2. The first-order valence-corrected chi connectivity index (χ1v) is 2.77. The molecule has 0 bridgehead atoms. The summed E-state index contributed by atoms with van der Waals surface area (Å²) in [4.78, 5) is 0.373. The van der Waals surface area contributed by atoms with Gasteiger partial charge in [-0.25, -0.2) is 5.43 Å². The fourth-order valence-electron chi connectivity index (χ4n) is 0.378. The first-order chi connectivity index (χ1) is 2.89. The smallest absolute Gasteiger partial charge is 0.0807 e. The van der Waals surface area contributed by atoms with E-state index < -0.39 is 0 Å². The Bertz CT molecular complexity index is 42.1. The molecule has 0 aliphatic carbocycles. The van der Waals surface area contributed by atoms with E-state index in [-0.39, 0.29) is 0 Å². The molecule has 0 aromatic heterocycles. The van der Waals surface area contributed by atoms with Gasteiger partial charge in [0.2, 0.25) is 0 Å². The van der Waals surface area contributed by atoms with Crippen molar-refractivity contribution in [3.8, 4) is 0 Å². The first-order valence-electron chi connectivity index (χ1n) is 1.85. The number of halogens is 1. The molecule has 6 heavy (non-hydrogen) atoms. The second-order valence-corrected chi connectivity index (χ2v) is 2.15. The Morgan fingerprint density at radius 2 is 2.67 bits per heavy atom. The summed E-state index contributed by atoms with van der Waals surface area (Å²) in [5.41, 5.74) is 5.85. The van der Waals surface area contributed by atoms with Crippen LogP contribution in [-0.2, 0) is 0 Å². The molecular weight excluding hydrogens is 144 g/mol. The van der Waals surface area contributed by atoms with E-state index in [0.29, 0.717) is 4.95 Å². The monoisotopic (exact) mass is 149 g/mol. The van der Waals surface area contributed by atoms with Crippen LogP contribution in [0, 0.1) is 6.42 Å². The van der Waals surface area contributed by atoms with Gasteiger partial charge in [0.25, 0.3) is 0 Å². The molecule has 2 nitrogen and oxygen atoms in total. The summed E-state index contributed by atoms with van der Waals surface area (Å²) in [7, 11) is 0. The van der Waals surface area contributed by atoms with Crippen LogP contribution in [0.25, 0.3) is 0 Å². The molecule has 0 saturated carbocycles. The van der Waals surface area contributed by atoms with Gasteiger partial charge >= 0.3 is 0 Å². The zero-order chi connectivity index (χ0) is 4.41. The van der Waals surface area contributed by atoms with Gasteiger partial charge in [-0.1, -0.05) is 15.9 Å². The Labute approximate surface area is 45.4 Å². The lowest BCUT2D eigenvalue weighted by Crippen LogP contribution is -2.25. The third-order valence-corrected chi connectivity index (χ3v) is 1.27. The van der Waals surface area contributed by atoms with E-state index in [1.54, 1.807) is 0 Å². The normalized spacial score (nSPS) is 34.5. The van der Waals surface area contributed by atoms with Crippen molar-refractivity contribution in [2.24, 2.45) is 0 Å². The fraction of sp³-hybridized carbons (Fsp3) is 0.667. The quantitative estimate of drug-likeness (QED) is 0.375. The highest BCUT2D eigenvalue weighted by Gasteiger charge is 2.07. The van der Waals surface area contributed by atoms with Crippen molar-refractivity contribution >= 4 is 15.9 Å². The molecule has 0 spiro atoms. The molecule has 1 unspecified atom stereocenters. The van der Waals surface area contributed by atoms with Gasteiger partial charge in [-0.3, -0.25) is 5.43 Å². The van der Waals surface area contributed by atoms with Crippen LogP contribution in [0.4, 0.5) is 0 Å². The zero-order valence-corrected chi connectivity index (χ0v) is 4.83. The van der Waals surface area contributed by atoms with Crippen LogP contribution in [0.1, 0.15) is 0 Å². The third-order valence-electron chi connectivity index (χ3n) is 0.667. The second kappa shape index (κ2) is 1.91. The molecule has 1 aliphatic heterocycles. The summed E-state index contributed by atoms with van der Waals surface area (Å²) in [6.07, 6.45) is 2.10. The Balaban J connectivity index is 2.18. The molecule has 0 amide bonds. The number of hydrogen-bond donors (Lipinski definition) is 2. The van der Waals surface area contributed by atoms with E-state index in [1.807, 2.05) is 0 Å². The number of rotatable bonds is 0. The minimum absolute atomic E-state index is 0.373. The molecule has 3 heteroatoms. The number of hydrazine groups is 1. The van der Waals surface area contributed by atoms with Crippen LogP contribution in [0.3, 0.4) is 0 Å². The van der Waals surface area contributed by atoms with E-state index in [9.17, 15) is 0 Å². The molecule has 1 atom stereocenters. The summed E-state index contributed by atoms with van der Waals surface area (Å²) in [5, 5.41) is 0. The number of hydrogen-bond acceptors (Lipinski definition) is 2. The summed E-state index contributed by atoms with van der Waals surface area (Å²) in [6, 6.07) is 0. The SMILES string of the molecule is BrC1[CH]CNN1. The highest BCUT2D eigenvalue weighted by Crippen LogP contribution is 2.00. The van der Waals surface area contributed by atoms with Gasteiger partial charge in [0, 0.05) is 13.0 Å². The highest BCUT2D eigenvalue weighted by molar-refractivity contribution is 9.09. The van der Waals surface area contributed by atoms with Crippen molar-refractivity contribution < 1.29 is 0 Å². The first kappa shape index (κ1) is 4.56. The fourth-order valence-corrected chi connectivity index (χ4v) is 0.727. The Hall–Kier alpha value is 0.400. The second-order valence-electron chi connectivity index (χ2n) is 1.16. The lowest BCUT2D eigenvalue weighted by atomic mass is 10.5. The van der Waals surface area contributed by atoms with Crippen molar-refractivity contribution in [2.45, 2.75) is 4.95 Å². The summed E-state index contributed by atoms with van der Waals surface area (Å²) < 4.78 is 0. The van der Waals surface area contributed by atoms with E-state index in [4.69, 9.17) is 0 Å². The minimum atomic E-state index is 0.373. The van der Waals surface area contributed by atoms with Gasteiger partial charge in [0.1, 0.15) is 0 Å². The van der Waals surface area contributed by atoms with Gasteiger partial charge < -0.3 is 0 Å². The maximum absolute atomic E-state index is 3.31. The standard InChI is InChI=1S/C3H6BrN2/c4-3-1-2-5-6-3/h1,3,5-6H,2H2. The average molecular weight is 150 g/mol. The maximum atomic E-state index is 3.31. The average Bonchev–Trinajstić information content (AvgIpc) is 1.86. The summed E-state index contributed by atoms with van der Waals surface area (Å²) in [5.74, 6) is 0. The zero-order valence-electron chi connectivity index (χ0n) is 3.24.